The van der Waals surface area contributed by atoms with Gasteiger partial charge in [-0.05, 0) is 37.3 Å². The molecule has 6 nitrogen and oxygen atoms in total. The van der Waals surface area contributed by atoms with Gasteiger partial charge in [-0.2, -0.15) is 5.10 Å². The molecule has 146 valence electrons. The number of hydrogen-bond acceptors (Lipinski definition) is 3. The van der Waals surface area contributed by atoms with Crippen LogP contribution in [0.15, 0.2) is 35.1 Å². The Labute approximate surface area is 161 Å². The van der Waals surface area contributed by atoms with Gasteiger partial charge in [0.15, 0.2) is 11.6 Å². The Morgan fingerprint density at radius 1 is 1.14 bits per heavy atom. The van der Waals surface area contributed by atoms with Crippen LogP contribution in [0.2, 0.25) is 5.02 Å². The number of urea groups is 1. The molecular weight excluding hydrogens is 397 g/mol. The Bertz CT molecular complexity index is 1140. The lowest BCUT2D eigenvalue weighted by Gasteiger charge is -2.25. The Kier molecular flexibility index (Phi) is 5.28. The van der Waals surface area contributed by atoms with Crippen molar-refractivity contribution < 1.29 is 18.0 Å². The van der Waals surface area contributed by atoms with E-state index in [1.807, 2.05) is 0 Å². The standard InChI is InChI=1S/C18H14ClF3N4O2/c1-8(26(2)18(28)23-9-3-4-13(20)12(19)5-9)16-10-6-14(21)15(22)7-11(10)17(27)25-24-16/h3-8H,1-2H3,(H,23,28)(H,25,27)/t8-/m1/s1. The van der Waals surface area contributed by atoms with Crippen molar-refractivity contribution in [3.8, 4) is 0 Å². The number of carbonyl (C=O) groups is 1. The molecule has 0 aliphatic rings. The average molecular weight is 411 g/mol. The molecule has 0 spiro atoms. The first-order valence-corrected chi connectivity index (χ1v) is 8.43. The summed E-state index contributed by atoms with van der Waals surface area (Å²) in [4.78, 5) is 25.6. The van der Waals surface area contributed by atoms with Crippen LogP contribution in [0, 0.1) is 17.5 Å². The highest BCUT2D eigenvalue weighted by atomic mass is 35.5. The lowest BCUT2D eigenvalue weighted by molar-refractivity contribution is 0.207. The molecule has 0 bridgehead atoms. The maximum Gasteiger partial charge on any atom is 0.322 e. The number of fused-ring (bicyclic) bond motifs is 1. The second kappa shape index (κ2) is 7.51. The summed E-state index contributed by atoms with van der Waals surface area (Å²) < 4.78 is 40.4. The van der Waals surface area contributed by atoms with Gasteiger partial charge in [-0.25, -0.2) is 23.1 Å². The van der Waals surface area contributed by atoms with Crippen LogP contribution in [-0.4, -0.2) is 28.2 Å². The quantitative estimate of drug-likeness (QED) is 0.678. The fourth-order valence-corrected chi connectivity index (χ4v) is 2.82. The molecular formula is C18H14ClF3N4O2. The van der Waals surface area contributed by atoms with Crippen molar-refractivity contribution in [2.24, 2.45) is 0 Å². The Hall–Kier alpha value is -3.07. The topological polar surface area (TPSA) is 78.1 Å². The van der Waals surface area contributed by atoms with Gasteiger partial charge in [0.05, 0.1) is 22.1 Å². The normalized spacial score (nSPS) is 12.1. The third kappa shape index (κ3) is 3.65. The van der Waals surface area contributed by atoms with Crippen LogP contribution >= 0.6 is 11.6 Å². The number of nitrogens with one attached hydrogen (secondary N) is 2. The van der Waals surface area contributed by atoms with Gasteiger partial charge in [0.25, 0.3) is 5.56 Å². The van der Waals surface area contributed by atoms with E-state index < -0.39 is 35.1 Å². The predicted octanol–water partition coefficient (Wildman–Crippen LogP) is 4.22. The Morgan fingerprint density at radius 3 is 2.43 bits per heavy atom. The number of carbonyl (C=O) groups excluding carboxylic acids is 1. The van der Waals surface area contributed by atoms with E-state index in [9.17, 15) is 22.8 Å². The van der Waals surface area contributed by atoms with E-state index in [4.69, 9.17) is 11.6 Å². The molecule has 1 aromatic heterocycles. The molecule has 2 aromatic carbocycles. The van der Waals surface area contributed by atoms with Crippen molar-refractivity contribution in [2.75, 3.05) is 12.4 Å². The predicted molar refractivity (Wildman–Crippen MR) is 98.9 cm³/mol. The zero-order valence-electron chi connectivity index (χ0n) is 14.7. The molecule has 0 radical (unpaired) electrons. The highest BCUT2D eigenvalue weighted by Gasteiger charge is 2.23. The van der Waals surface area contributed by atoms with Crippen molar-refractivity contribution in [2.45, 2.75) is 13.0 Å². The van der Waals surface area contributed by atoms with Gasteiger partial charge in [0.1, 0.15) is 5.82 Å². The van der Waals surface area contributed by atoms with Crippen molar-refractivity contribution >= 4 is 34.1 Å². The molecule has 0 aliphatic heterocycles. The summed E-state index contributed by atoms with van der Waals surface area (Å²) >= 11 is 5.69. The second-order valence-electron chi connectivity index (χ2n) is 6.10. The number of amides is 2. The van der Waals surface area contributed by atoms with Gasteiger partial charge in [-0.1, -0.05) is 11.6 Å². The first kappa shape index (κ1) is 19.7. The summed E-state index contributed by atoms with van der Waals surface area (Å²) in [5.74, 6) is -2.93. The monoisotopic (exact) mass is 410 g/mol. The van der Waals surface area contributed by atoms with Crippen molar-refractivity contribution in [3.05, 3.63) is 68.9 Å². The van der Waals surface area contributed by atoms with E-state index in [1.54, 1.807) is 6.92 Å². The molecule has 1 atom stereocenters. The summed E-state index contributed by atoms with van der Waals surface area (Å²) in [6.45, 7) is 1.60. The van der Waals surface area contributed by atoms with Gasteiger partial charge >= 0.3 is 6.03 Å². The lowest BCUT2D eigenvalue weighted by Crippen LogP contribution is -2.34. The smallest absolute Gasteiger partial charge is 0.319 e. The highest BCUT2D eigenvalue weighted by Crippen LogP contribution is 2.26. The zero-order chi connectivity index (χ0) is 20.6. The number of halogens is 4. The van der Waals surface area contributed by atoms with Gasteiger partial charge in [0.2, 0.25) is 0 Å². The SMILES string of the molecule is C[C@H](c1n[nH]c(=O)c2cc(F)c(F)cc12)N(C)C(=O)Nc1ccc(F)c(Cl)c1. The minimum absolute atomic E-state index is 0.0830. The summed E-state index contributed by atoms with van der Waals surface area (Å²) in [6.07, 6.45) is 0. The number of H-pyrrole nitrogens is 1. The maximum absolute atomic E-state index is 13.7. The highest BCUT2D eigenvalue weighted by molar-refractivity contribution is 6.31. The van der Waals surface area contributed by atoms with E-state index in [0.29, 0.717) is 0 Å². The van der Waals surface area contributed by atoms with Gasteiger partial charge in [-0.15, -0.1) is 0 Å². The van der Waals surface area contributed by atoms with Crippen LogP contribution in [0.3, 0.4) is 0 Å². The zero-order valence-corrected chi connectivity index (χ0v) is 15.4. The van der Waals surface area contributed by atoms with Crippen molar-refractivity contribution in [1.29, 1.82) is 0 Å². The first-order chi connectivity index (χ1) is 13.2. The van der Waals surface area contributed by atoms with E-state index in [1.165, 1.54) is 24.1 Å². The fourth-order valence-electron chi connectivity index (χ4n) is 2.64. The largest absolute Gasteiger partial charge is 0.322 e. The van der Waals surface area contributed by atoms with Crippen LogP contribution < -0.4 is 10.9 Å². The minimum Gasteiger partial charge on any atom is -0.319 e. The minimum atomic E-state index is -1.16. The van der Waals surface area contributed by atoms with E-state index in [2.05, 4.69) is 15.5 Å². The molecule has 0 saturated carbocycles. The number of anilines is 1. The van der Waals surface area contributed by atoms with Gasteiger partial charge in [0, 0.05) is 18.1 Å². The Morgan fingerprint density at radius 2 is 1.79 bits per heavy atom. The van der Waals surface area contributed by atoms with Crippen molar-refractivity contribution in [1.82, 2.24) is 15.1 Å². The summed E-state index contributed by atoms with van der Waals surface area (Å²) in [7, 11) is 1.45. The number of rotatable bonds is 3. The van der Waals surface area contributed by atoms with Gasteiger partial charge < -0.3 is 10.2 Å². The molecule has 0 aliphatic carbocycles. The molecule has 2 N–H and O–H groups in total. The maximum atomic E-state index is 13.7. The van der Waals surface area contributed by atoms with Crippen LogP contribution in [0.4, 0.5) is 23.7 Å². The molecule has 28 heavy (non-hydrogen) atoms. The lowest BCUT2D eigenvalue weighted by atomic mass is 10.1. The van der Waals surface area contributed by atoms with Crippen LogP contribution in [0.25, 0.3) is 10.8 Å². The molecule has 10 heteroatoms. The van der Waals surface area contributed by atoms with Crippen LogP contribution in [0.5, 0.6) is 0 Å². The van der Waals surface area contributed by atoms with Gasteiger partial charge in [-0.3, -0.25) is 4.79 Å². The molecule has 0 saturated heterocycles. The molecule has 3 rings (SSSR count). The fraction of sp³-hybridized carbons (Fsp3) is 0.167. The molecule has 3 aromatic rings. The molecule has 0 fully saturated rings. The molecule has 2 amide bonds. The summed E-state index contributed by atoms with van der Waals surface area (Å²) in [6, 6.07) is 4.03. The number of nitrogens with zero attached hydrogens (tertiary/aromatic N) is 2. The molecule has 1 heterocycles. The summed E-state index contributed by atoms with van der Waals surface area (Å²) in [5, 5.41) is 8.49. The second-order valence-corrected chi connectivity index (χ2v) is 6.50. The number of aromatic nitrogens is 2. The Balaban J connectivity index is 1.92. The van der Waals surface area contributed by atoms with Crippen LogP contribution in [0.1, 0.15) is 18.7 Å². The van der Waals surface area contributed by atoms with Crippen molar-refractivity contribution in [3.63, 3.8) is 0 Å². The molecule has 0 unspecified atom stereocenters. The number of benzene rings is 2. The third-order valence-electron chi connectivity index (χ3n) is 4.33. The first-order valence-electron chi connectivity index (χ1n) is 8.05. The van der Waals surface area contributed by atoms with E-state index in [0.717, 1.165) is 18.2 Å². The number of aromatic amines is 1. The summed E-state index contributed by atoms with van der Waals surface area (Å²) in [5.41, 5.74) is -0.246. The number of hydrogen-bond donors (Lipinski definition) is 2. The van der Waals surface area contributed by atoms with E-state index in [-0.39, 0.29) is 27.2 Å². The van der Waals surface area contributed by atoms with E-state index >= 15 is 0 Å². The average Bonchev–Trinajstić information content (AvgIpc) is 2.65. The third-order valence-corrected chi connectivity index (χ3v) is 4.62. The van der Waals surface area contributed by atoms with Crippen LogP contribution in [-0.2, 0) is 0 Å².